The molecule has 0 aliphatic heterocycles. The van der Waals surface area contributed by atoms with E-state index < -0.39 is 0 Å². The van der Waals surface area contributed by atoms with Gasteiger partial charge in [-0.05, 0) is 11.6 Å². The van der Waals surface area contributed by atoms with Crippen molar-refractivity contribution in [2.45, 2.75) is 6.54 Å². The predicted molar refractivity (Wildman–Crippen MR) is 86.3 cm³/mol. The average molecular weight is 314 g/mol. The average Bonchev–Trinajstić information content (AvgIpc) is 3.05. The van der Waals surface area contributed by atoms with Gasteiger partial charge in [0.15, 0.2) is 5.13 Å². The molecule has 0 fully saturated rings. The zero-order chi connectivity index (χ0) is 15.4. The number of thiazole rings is 1. The molecule has 112 valence electrons. The number of benzene rings is 1. The number of pyridine rings is 1. The van der Waals surface area contributed by atoms with Crippen LogP contribution in [0, 0.1) is 0 Å². The largest absolute Gasteiger partial charge is 0.481 e. The smallest absolute Gasteiger partial charge is 0.321 e. The first-order chi connectivity index (χ1) is 10.8. The van der Waals surface area contributed by atoms with Gasteiger partial charge in [0.1, 0.15) is 0 Å². The Morgan fingerprint density at radius 3 is 3.00 bits per heavy atom. The number of hydrogen-bond acceptors (Lipinski definition) is 5. The molecule has 0 radical (unpaired) electrons. The number of aromatic nitrogens is 2. The summed E-state index contributed by atoms with van der Waals surface area (Å²) in [5.74, 6) is 0.524. The van der Waals surface area contributed by atoms with Crippen LogP contribution in [-0.2, 0) is 6.54 Å². The van der Waals surface area contributed by atoms with E-state index in [1.165, 1.54) is 11.3 Å². The van der Waals surface area contributed by atoms with Crippen molar-refractivity contribution in [3.63, 3.8) is 0 Å². The summed E-state index contributed by atoms with van der Waals surface area (Å²) in [6, 6.07) is 9.27. The first-order valence-electron chi connectivity index (χ1n) is 6.63. The van der Waals surface area contributed by atoms with E-state index in [0.717, 1.165) is 16.5 Å². The van der Waals surface area contributed by atoms with E-state index in [2.05, 4.69) is 20.6 Å². The van der Waals surface area contributed by atoms with Crippen LogP contribution in [0.5, 0.6) is 5.88 Å². The molecular formula is C15H14N4O2S. The molecule has 2 aromatic heterocycles. The lowest BCUT2D eigenvalue weighted by molar-refractivity contribution is 0.251. The molecule has 0 bridgehead atoms. The number of carbonyl (C=O) groups excluding carboxylic acids is 1. The van der Waals surface area contributed by atoms with Crippen LogP contribution < -0.4 is 15.4 Å². The number of para-hydroxylation sites is 1. The van der Waals surface area contributed by atoms with Gasteiger partial charge in [0.2, 0.25) is 5.88 Å². The first-order valence-corrected chi connectivity index (χ1v) is 7.51. The van der Waals surface area contributed by atoms with Crippen molar-refractivity contribution in [1.29, 1.82) is 0 Å². The molecule has 1 aromatic carbocycles. The van der Waals surface area contributed by atoms with Gasteiger partial charge in [-0.2, -0.15) is 0 Å². The number of carbonyl (C=O) groups is 1. The number of ether oxygens (including phenoxy) is 1. The molecule has 7 heteroatoms. The number of nitrogens with zero attached hydrogens (tertiary/aromatic N) is 2. The van der Waals surface area contributed by atoms with Gasteiger partial charge < -0.3 is 10.1 Å². The second-order valence-electron chi connectivity index (χ2n) is 4.49. The van der Waals surface area contributed by atoms with Crippen LogP contribution in [0.4, 0.5) is 9.93 Å². The number of amides is 2. The number of hydrogen-bond donors (Lipinski definition) is 2. The molecule has 0 unspecified atom stereocenters. The van der Waals surface area contributed by atoms with Crippen molar-refractivity contribution >= 4 is 33.4 Å². The highest BCUT2D eigenvalue weighted by Crippen LogP contribution is 2.21. The highest BCUT2D eigenvalue weighted by molar-refractivity contribution is 7.13. The Kier molecular flexibility index (Phi) is 4.15. The van der Waals surface area contributed by atoms with E-state index in [-0.39, 0.29) is 6.03 Å². The molecule has 6 nitrogen and oxygen atoms in total. The third kappa shape index (κ3) is 3.15. The highest BCUT2D eigenvalue weighted by atomic mass is 32.1. The second kappa shape index (κ2) is 6.40. The van der Waals surface area contributed by atoms with E-state index >= 15 is 0 Å². The molecule has 22 heavy (non-hydrogen) atoms. The maximum atomic E-state index is 11.9. The summed E-state index contributed by atoms with van der Waals surface area (Å²) >= 11 is 1.37. The predicted octanol–water partition coefficient (Wildman–Crippen LogP) is 3.02. The SMILES string of the molecule is COc1cc(CNC(=O)Nc2nccs2)c2ccccc2n1. The lowest BCUT2D eigenvalue weighted by Gasteiger charge is -2.10. The molecule has 0 atom stereocenters. The Balaban J connectivity index is 1.76. The van der Waals surface area contributed by atoms with Gasteiger partial charge in [-0.3, -0.25) is 5.32 Å². The van der Waals surface area contributed by atoms with Crippen LogP contribution in [0.15, 0.2) is 41.9 Å². The van der Waals surface area contributed by atoms with Gasteiger partial charge in [-0.25, -0.2) is 14.8 Å². The number of fused-ring (bicyclic) bond motifs is 1. The molecule has 2 amide bonds. The molecule has 0 aliphatic carbocycles. The molecular weight excluding hydrogens is 300 g/mol. The fourth-order valence-electron chi connectivity index (χ4n) is 2.07. The van der Waals surface area contributed by atoms with Crippen LogP contribution in [0.1, 0.15) is 5.56 Å². The first kappa shape index (κ1) is 14.3. The lowest BCUT2D eigenvalue weighted by Crippen LogP contribution is -2.28. The second-order valence-corrected chi connectivity index (χ2v) is 5.38. The lowest BCUT2D eigenvalue weighted by atomic mass is 10.1. The molecule has 0 spiro atoms. The van der Waals surface area contributed by atoms with E-state index in [0.29, 0.717) is 17.6 Å². The summed E-state index contributed by atoms with van der Waals surface area (Å²) in [7, 11) is 1.57. The molecule has 0 saturated carbocycles. The summed E-state index contributed by atoms with van der Waals surface area (Å²) in [4.78, 5) is 20.3. The van der Waals surface area contributed by atoms with Crippen LogP contribution in [-0.4, -0.2) is 23.1 Å². The summed E-state index contributed by atoms with van der Waals surface area (Å²) in [6.45, 7) is 0.372. The van der Waals surface area contributed by atoms with Crippen molar-refractivity contribution in [2.75, 3.05) is 12.4 Å². The summed E-state index contributed by atoms with van der Waals surface area (Å²) < 4.78 is 5.21. The summed E-state index contributed by atoms with van der Waals surface area (Å²) in [6.07, 6.45) is 1.64. The maximum absolute atomic E-state index is 11.9. The minimum atomic E-state index is -0.296. The van der Waals surface area contributed by atoms with E-state index in [9.17, 15) is 4.79 Å². The molecule has 0 saturated heterocycles. The fourth-order valence-corrected chi connectivity index (χ4v) is 2.60. The van der Waals surface area contributed by atoms with Crippen LogP contribution in [0.3, 0.4) is 0 Å². The fraction of sp³-hybridized carbons (Fsp3) is 0.133. The summed E-state index contributed by atoms with van der Waals surface area (Å²) in [5, 5.41) is 8.84. The normalized spacial score (nSPS) is 10.4. The number of rotatable bonds is 4. The standard InChI is InChI=1S/C15H14N4O2S/c1-21-13-8-10(11-4-2-3-5-12(11)18-13)9-17-14(20)19-15-16-6-7-22-15/h2-8H,9H2,1H3,(H2,16,17,19,20). The van der Waals surface area contributed by atoms with Crippen LogP contribution in [0.2, 0.25) is 0 Å². The van der Waals surface area contributed by atoms with Crippen LogP contribution >= 0.6 is 11.3 Å². The van der Waals surface area contributed by atoms with Crippen molar-refractivity contribution in [2.24, 2.45) is 0 Å². The molecule has 3 rings (SSSR count). The van der Waals surface area contributed by atoms with Gasteiger partial charge in [0.05, 0.1) is 12.6 Å². The Bertz CT molecular complexity index is 789. The van der Waals surface area contributed by atoms with Crippen molar-refractivity contribution < 1.29 is 9.53 Å². The minimum absolute atomic E-state index is 0.296. The minimum Gasteiger partial charge on any atom is -0.481 e. The number of methoxy groups -OCH3 is 1. The van der Waals surface area contributed by atoms with Gasteiger partial charge in [0, 0.05) is 29.6 Å². The molecule has 0 aliphatic rings. The van der Waals surface area contributed by atoms with Gasteiger partial charge >= 0.3 is 6.03 Å². The quantitative estimate of drug-likeness (QED) is 0.776. The molecule has 3 aromatic rings. The number of urea groups is 1. The van der Waals surface area contributed by atoms with Gasteiger partial charge in [-0.15, -0.1) is 11.3 Å². The van der Waals surface area contributed by atoms with Crippen molar-refractivity contribution in [3.05, 3.63) is 47.5 Å². The monoisotopic (exact) mass is 314 g/mol. The van der Waals surface area contributed by atoms with Gasteiger partial charge in [0.25, 0.3) is 0 Å². The molecule has 2 heterocycles. The summed E-state index contributed by atoms with van der Waals surface area (Å²) in [5.41, 5.74) is 1.77. The maximum Gasteiger partial charge on any atom is 0.321 e. The Labute approximate surface area is 131 Å². The third-order valence-corrected chi connectivity index (χ3v) is 3.77. The van der Waals surface area contributed by atoms with E-state index in [4.69, 9.17) is 4.74 Å². The molecule has 2 N–H and O–H groups in total. The number of nitrogens with one attached hydrogen (secondary N) is 2. The van der Waals surface area contributed by atoms with Crippen molar-refractivity contribution in [1.82, 2.24) is 15.3 Å². The van der Waals surface area contributed by atoms with Crippen LogP contribution in [0.25, 0.3) is 10.9 Å². The number of anilines is 1. The Morgan fingerprint density at radius 2 is 2.23 bits per heavy atom. The zero-order valence-electron chi connectivity index (χ0n) is 11.9. The Hall–Kier alpha value is -2.67. The third-order valence-electron chi connectivity index (χ3n) is 3.08. The van der Waals surface area contributed by atoms with E-state index in [1.807, 2.05) is 30.3 Å². The van der Waals surface area contributed by atoms with E-state index in [1.54, 1.807) is 18.7 Å². The zero-order valence-corrected chi connectivity index (χ0v) is 12.7. The topological polar surface area (TPSA) is 76.1 Å². The van der Waals surface area contributed by atoms with Gasteiger partial charge in [-0.1, -0.05) is 18.2 Å². The Morgan fingerprint density at radius 1 is 1.36 bits per heavy atom. The van der Waals surface area contributed by atoms with Crippen molar-refractivity contribution in [3.8, 4) is 5.88 Å². The highest BCUT2D eigenvalue weighted by Gasteiger charge is 2.08.